The molecule has 0 amide bonds. The summed E-state index contributed by atoms with van der Waals surface area (Å²) in [4.78, 5) is 19.6. The first kappa shape index (κ1) is 24.8. The summed E-state index contributed by atoms with van der Waals surface area (Å²) >= 11 is 0. The Morgan fingerprint density at radius 1 is 1.20 bits per heavy atom. The number of fused-ring (bicyclic) bond motifs is 2. The van der Waals surface area contributed by atoms with E-state index in [1.54, 1.807) is 20.0 Å². The van der Waals surface area contributed by atoms with Crippen molar-refractivity contribution in [2.75, 3.05) is 45.3 Å². The van der Waals surface area contributed by atoms with Crippen molar-refractivity contribution in [1.29, 1.82) is 0 Å². The molecule has 0 unspecified atom stereocenters. The molecule has 0 spiro atoms. The van der Waals surface area contributed by atoms with E-state index in [1.807, 2.05) is 24.0 Å². The van der Waals surface area contributed by atoms with Crippen LogP contribution >= 0.6 is 0 Å². The Balaban J connectivity index is 1.67. The number of carbonyl (C=O) groups excluding carboxylic acids is 1. The van der Waals surface area contributed by atoms with Crippen molar-refractivity contribution < 1.29 is 23.4 Å². The fourth-order valence-electron chi connectivity index (χ4n) is 4.63. The highest BCUT2D eigenvalue weighted by Gasteiger charge is 2.34. The van der Waals surface area contributed by atoms with Gasteiger partial charge in [-0.15, -0.1) is 0 Å². The molecule has 2 heterocycles. The van der Waals surface area contributed by atoms with Crippen LogP contribution in [-0.2, 0) is 12.0 Å². The van der Waals surface area contributed by atoms with Crippen LogP contribution in [0.2, 0.25) is 0 Å². The Morgan fingerprint density at radius 2 is 1.94 bits per heavy atom. The lowest BCUT2D eigenvalue weighted by molar-refractivity contribution is 0.0962. The van der Waals surface area contributed by atoms with Gasteiger partial charge in [-0.25, -0.2) is 4.39 Å². The summed E-state index contributed by atoms with van der Waals surface area (Å²) in [5.74, 6) is 1.11. The monoisotopic (exact) mass is 483 g/mol. The average Bonchev–Trinajstić information content (AvgIpc) is 3.17. The average molecular weight is 484 g/mol. The van der Waals surface area contributed by atoms with Gasteiger partial charge in [0.2, 0.25) is 0 Å². The number of ether oxygens (including phenoxy) is 3. The summed E-state index contributed by atoms with van der Waals surface area (Å²) < 4.78 is 32.7. The van der Waals surface area contributed by atoms with E-state index in [1.165, 1.54) is 0 Å². The van der Waals surface area contributed by atoms with Crippen molar-refractivity contribution in [1.82, 2.24) is 4.90 Å². The molecule has 7 nitrogen and oxygen atoms in total. The molecule has 0 aliphatic carbocycles. The number of benzene rings is 2. The highest BCUT2D eigenvalue weighted by molar-refractivity contribution is 6.07. The number of aliphatic imine (C=N–C) groups is 1. The van der Waals surface area contributed by atoms with Crippen LogP contribution in [0.4, 0.5) is 10.1 Å². The molecule has 0 fully saturated rings. The number of amidine groups is 1. The summed E-state index contributed by atoms with van der Waals surface area (Å²) in [6.07, 6.45) is 0. The van der Waals surface area contributed by atoms with Gasteiger partial charge in [0.15, 0.2) is 23.1 Å². The molecule has 188 valence electrons. The molecule has 0 aromatic heterocycles. The number of ketones is 1. The van der Waals surface area contributed by atoms with Crippen molar-refractivity contribution in [2.45, 2.75) is 46.6 Å². The first-order valence-corrected chi connectivity index (χ1v) is 12.1. The van der Waals surface area contributed by atoms with Crippen LogP contribution in [0.15, 0.2) is 23.2 Å². The van der Waals surface area contributed by atoms with Crippen molar-refractivity contribution in [2.24, 2.45) is 4.99 Å². The van der Waals surface area contributed by atoms with Gasteiger partial charge in [-0.2, -0.15) is 0 Å². The fraction of sp³-hybridized carbons (Fsp3) is 0.481. The zero-order valence-corrected chi connectivity index (χ0v) is 21.4. The Hall–Kier alpha value is -3.29. The number of anilines is 1. The minimum atomic E-state index is -0.506. The predicted molar refractivity (Wildman–Crippen MR) is 135 cm³/mol. The van der Waals surface area contributed by atoms with Gasteiger partial charge in [0.05, 0.1) is 31.0 Å². The van der Waals surface area contributed by atoms with E-state index in [0.29, 0.717) is 55.6 Å². The topological polar surface area (TPSA) is 72.4 Å². The van der Waals surface area contributed by atoms with E-state index in [-0.39, 0.29) is 23.5 Å². The van der Waals surface area contributed by atoms with Crippen LogP contribution in [0.3, 0.4) is 0 Å². The largest absolute Gasteiger partial charge is 0.490 e. The van der Waals surface area contributed by atoms with Gasteiger partial charge in [0.25, 0.3) is 0 Å². The summed E-state index contributed by atoms with van der Waals surface area (Å²) in [6.45, 7) is 12.3. The fourth-order valence-corrected chi connectivity index (χ4v) is 4.63. The minimum absolute atomic E-state index is 0.0674. The maximum atomic E-state index is 15.6. The van der Waals surface area contributed by atoms with E-state index >= 15 is 4.39 Å². The number of nitrogens with zero attached hydrogens (tertiary/aromatic N) is 2. The molecule has 2 aromatic rings. The second kappa shape index (κ2) is 9.76. The number of hydrogen-bond donors (Lipinski definition) is 1. The SMILES string of the molecule is CCOc1cc2c(c(F)c1OCC)C(=NC)N(CC(=O)c1cc3c(c(C(C)(C)C)c1)OCCN3)C2. The molecule has 2 aliphatic heterocycles. The van der Waals surface area contributed by atoms with Crippen LogP contribution in [0.5, 0.6) is 17.2 Å². The number of nitrogens with one attached hydrogen (secondary N) is 1. The molecular weight excluding hydrogens is 449 g/mol. The first-order chi connectivity index (χ1) is 16.7. The van der Waals surface area contributed by atoms with Gasteiger partial charge in [-0.3, -0.25) is 9.79 Å². The van der Waals surface area contributed by atoms with Gasteiger partial charge < -0.3 is 24.4 Å². The maximum absolute atomic E-state index is 15.6. The second-order valence-corrected chi connectivity index (χ2v) is 9.67. The Labute approximate surface area is 206 Å². The van der Waals surface area contributed by atoms with Crippen molar-refractivity contribution in [3.63, 3.8) is 0 Å². The summed E-state index contributed by atoms with van der Waals surface area (Å²) in [5.41, 5.74) is 3.28. The molecule has 4 rings (SSSR count). The normalized spacial score (nSPS) is 15.9. The molecule has 0 radical (unpaired) electrons. The Kier molecular flexibility index (Phi) is 6.92. The molecular formula is C27H34FN3O4. The van der Waals surface area contributed by atoms with E-state index in [4.69, 9.17) is 14.2 Å². The van der Waals surface area contributed by atoms with Crippen LogP contribution in [0.25, 0.3) is 0 Å². The maximum Gasteiger partial charge on any atom is 0.197 e. The molecule has 0 saturated heterocycles. The Bertz CT molecular complexity index is 1170. The van der Waals surface area contributed by atoms with Gasteiger partial charge in [0.1, 0.15) is 18.2 Å². The van der Waals surface area contributed by atoms with Gasteiger partial charge >= 0.3 is 0 Å². The third-order valence-corrected chi connectivity index (χ3v) is 6.17. The summed E-state index contributed by atoms with van der Waals surface area (Å²) in [6, 6.07) is 5.56. The third kappa shape index (κ3) is 4.66. The first-order valence-electron chi connectivity index (χ1n) is 12.1. The highest BCUT2D eigenvalue weighted by Crippen LogP contribution is 2.41. The van der Waals surface area contributed by atoms with E-state index in [2.05, 4.69) is 31.1 Å². The van der Waals surface area contributed by atoms with Gasteiger partial charge in [-0.1, -0.05) is 20.8 Å². The smallest absolute Gasteiger partial charge is 0.197 e. The lowest BCUT2D eigenvalue weighted by Gasteiger charge is -2.29. The quantitative estimate of drug-likeness (QED) is 0.571. The number of Topliss-reactive ketones (excluding diaryl/α,β-unsaturated/α-hetero) is 1. The lowest BCUT2D eigenvalue weighted by atomic mass is 9.84. The van der Waals surface area contributed by atoms with E-state index < -0.39 is 5.82 Å². The second-order valence-electron chi connectivity index (χ2n) is 9.67. The molecule has 0 atom stereocenters. The van der Waals surface area contributed by atoms with Crippen LogP contribution in [-0.4, -0.2) is 56.5 Å². The van der Waals surface area contributed by atoms with Crippen LogP contribution < -0.4 is 19.5 Å². The number of carbonyl (C=O) groups is 1. The van der Waals surface area contributed by atoms with Gasteiger partial charge in [0, 0.05) is 31.3 Å². The van der Waals surface area contributed by atoms with Crippen molar-refractivity contribution in [3.05, 3.63) is 46.3 Å². The molecule has 2 aliphatic rings. The van der Waals surface area contributed by atoms with E-state index in [0.717, 1.165) is 22.6 Å². The summed E-state index contributed by atoms with van der Waals surface area (Å²) in [7, 11) is 1.61. The minimum Gasteiger partial charge on any atom is -0.490 e. The number of rotatable bonds is 7. The highest BCUT2D eigenvalue weighted by atomic mass is 19.1. The molecule has 1 N–H and O–H groups in total. The number of halogens is 1. The van der Waals surface area contributed by atoms with Crippen molar-refractivity contribution >= 4 is 17.3 Å². The molecule has 35 heavy (non-hydrogen) atoms. The molecule has 0 saturated carbocycles. The van der Waals surface area contributed by atoms with E-state index in [9.17, 15) is 4.79 Å². The Morgan fingerprint density at radius 3 is 2.60 bits per heavy atom. The molecule has 2 aromatic carbocycles. The van der Waals surface area contributed by atoms with Crippen LogP contribution in [0.1, 0.15) is 61.7 Å². The standard InChI is InChI=1S/C27H34FN3O4/c1-7-33-21-13-17-14-31(26(29-6)22(17)23(28)25(21)34-8-2)15-20(32)16-11-18(27(3,4)5)24-19(12-16)30-9-10-35-24/h11-13,30H,7-10,14-15H2,1-6H3. The molecule has 8 heteroatoms. The van der Waals surface area contributed by atoms with Crippen LogP contribution in [0, 0.1) is 5.82 Å². The predicted octanol–water partition coefficient (Wildman–Crippen LogP) is 4.80. The number of hydrogen-bond acceptors (Lipinski definition) is 6. The lowest BCUT2D eigenvalue weighted by Crippen LogP contribution is -2.31. The third-order valence-electron chi connectivity index (χ3n) is 6.17. The zero-order chi connectivity index (χ0) is 25.3. The summed E-state index contributed by atoms with van der Waals surface area (Å²) in [5, 5.41) is 3.35. The zero-order valence-electron chi connectivity index (χ0n) is 21.4. The van der Waals surface area contributed by atoms with Crippen molar-refractivity contribution in [3.8, 4) is 17.2 Å². The van der Waals surface area contributed by atoms with Gasteiger partial charge in [-0.05, 0) is 43.0 Å². The molecule has 0 bridgehead atoms.